The highest BCUT2D eigenvalue weighted by atomic mass is 35.5. The first-order valence-electron chi connectivity index (χ1n) is 8.63. The van der Waals surface area contributed by atoms with E-state index in [0.29, 0.717) is 5.91 Å². The molecule has 0 unspecified atom stereocenters. The van der Waals surface area contributed by atoms with E-state index in [4.69, 9.17) is 17.3 Å². The van der Waals surface area contributed by atoms with Crippen LogP contribution in [-0.4, -0.2) is 47.9 Å². The molecule has 1 saturated carbocycles. The average Bonchev–Trinajstić information content (AvgIpc) is 2.84. The molecule has 23 heavy (non-hydrogen) atoms. The number of hydrogen-bond donors (Lipinski definition) is 1. The highest BCUT2D eigenvalue weighted by Crippen LogP contribution is 2.26. The van der Waals surface area contributed by atoms with Crippen molar-refractivity contribution in [1.29, 1.82) is 0 Å². The van der Waals surface area contributed by atoms with E-state index in [-0.39, 0.29) is 12.0 Å². The van der Waals surface area contributed by atoms with Crippen LogP contribution in [0.15, 0.2) is 24.3 Å². The third-order valence-electron chi connectivity index (χ3n) is 5.04. The number of hydrogen-bond acceptors (Lipinski definition) is 3. The monoisotopic (exact) mass is 335 g/mol. The summed E-state index contributed by atoms with van der Waals surface area (Å²) in [6.07, 6.45) is 3.86. The Morgan fingerprint density at radius 2 is 1.91 bits per heavy atom. The van der Waals surface area contributed by atoms with Crippen molar-refractivity contribution in [2.75, 3.05) is 26.2 Å². The fraction of sp³-hybridized carbons (Fsp3) is 0.611. The summed E-state index contributed by atoms with van der Waals surface area (Å²) in [6.45, 7) is 4.61. The summed E-state index contributed by atoms with van der Waals surface area (Å²) >= 11 is 5.94. The van der Waals surface area contributed by atoms with Crippen LogP contribution in [-0.2, 0) is 11.3 Å². The van der Waals surface area contributed by atoms with Gasteiger partial charge in [0.1, 0.15) is 0 Å². The van der Waals surface area contributed by atoms with Gasteiger partial charge in [0.05, 0.1) is 0 Å². The van der Waals surface area contributed by atoms with Gasteiger partial charge in [0.25, 0.3) is 0 Å². The fourth-order valence-electron chi connectivity index (χ4n) is 3.70. The second kappa shape index (κ2) is 7.65. The van der Waals surface area contributed by atoms with E-state index in [2.05, 4.69) is 21.9 Å². The Morgan fingerprint density at radius 1 is 1.13 bits per heavy atom. The molecule has 0 aromatic heterocycles. The van der Waals surface area contributed by atoms with Crippen LogP contribution in [0.25, 0.3) is 0 Å². The molecule has 1 aliphatic heterocycles. The van der Waals surface area contributed by atoms with Crippen LogP contribution in [0.1, 0.15) is 31.2 Å². The first-order valence-corrected chi connectivity index (χ1v) is 9.01. The lowest BCUT2D eigenvalue weighted by atomic mass is 10.1. The first kappa shape index (κ1) is 16.7. The van der Waals surface area contributed by atoms with Crippen LogP contribution >= 0.6 is 11.6 Å². The summed E-state index contributed by atoms with van der Waals surface area (Å²) in [6, 6.07) is 8.26. The van der Waals surface area contributed by atoms with Gasteiger partial charge in [-0.25, -0.2) is 0 Å². The van der Waals surface area contributed by atoms with Gasteiger partial charge in [-0.05, 0) is 43.4 Å². The minimum Gasteiger partial charge on any atom is -0.341 e. The number of nitrogens with two attached hydrogens (primary N) is 1. The van der Waals surface area contributed by atoms with Crippen LogP contribution in [0.4, 0.5) is 0 Å². The van der Waals surface area contributed by atoms with Gasteiger partial charge >= 0.3 is 0 Å². The van der Waals surface area contributed by atoms with E-state index in [9.17, 15) is 4.79 Å². The SMILES string of the molecule is N[C@@H]1CC[C@H](C(=O)N2CCCN(Cc3ccc(Cl)cc3)CC2)C1. The highest BCUT2D eigenvalue weighted by molar-refractivity contribution is 6.30. The van der Waals surface area contributed by atoms with Crippen molar-refractivity contribution in [1.82, 2.24) is 9.80 Å². The van der Waals surface area contributed by atoms with Gasteiger partial charge in [0, 0.05) is 49.7 Å². The lowest BCUT2D eigenvalue weighted by Crippen LogP contribution is -2.38. The summed E-state index contributed by atoms with van der Waals surface area (Å²) in [5.74, 6) is 0.485. The Bertz CT molecular complexity index is 534. The van der Waals surface area contributed by atoms with E-state index in [0.717, 1.165) is 63.4 Å². The Labute approximate surface area is 143 Å². The molecule has 2 atom stereocenters. The quantitative estimate of drug-likeness (QED) is 0.923. The number of halogens is 1. The Morgan fingerprint density at radius 3 is 2.61 bits per heavy atom. The molecule has 2 fully saturated rings. The van der Waals surface area contributed by atoms with Gasteiger partial charge in [0.15, 0.2) is 0 Å². The highest BCUT2D eigenvalue weighted by Gasteiger charge is 2.31. The van der Waals surface area contributed by atoms with Gasteiger partial charge in [0.2, 0.25) is 5.91 Å². The van der Waals surface area contributed by atoms with Crippen molar-refractivity contribution in [3.8, 4) is 0 Å². The lowest BCUT2D eigenvalue weighted by molar-refractivity contribution is -0.135. The Kier molecular flexibility index (Phi) is 5.57. The van der Waals surface area contributed by atoms with Crippen molar-refractivity contribution in [2.45, 2.75) is 38.3 Å². The maximum Gasteiger partial charge on any atom is 0.225 e. The average molecular weight is 336 g/mol. The molecule has 2 N–H and O–H groups in total. The molecule has 1 saturated heterocycles. The molecule has 2 aliphatic rings. The summed E-state index contributed by atoms with van der Waals surface area (Å²) in [7, 11) is 0. The van der Waals surface area contributed by atoms with Crippen LogP contribution in [0.3, 0.4) is 0 Å². The van der Waals surface area contributed by atoms with Crippen LogP contribution in [0, 0.1) is 5.92 Å². The predicted molar refractivity (Wildman–Crippen MR) is 93.2 cm³/mol. The topological polar surface area (TPSA) is 49.6 Å². The minimum absolute atomic E-state index is 0.160. The molecule has 1 amide bonds. The number of rotatable bonds is 3. The van der Waals surface area contributed by atoms with Gasteiger partial charge in [-0.2, -0.15) is 0 Å². The smallest absolute Gasteiger partial charge is 0.225 e. The third kappa shape index (κ3) is 4.46. The molecular weight excluding hydrogens is 310 g/mol. The molecule has 0 spiro atoms. The molecule has 4 nitrogen and oxygen atoms in total. The number of amides is 1. The predicted octanol–water partition coefficient (Wildman–Crippen LogP) is 2.50. The maximum absolute atomic E-state index is 12.6. The standard InChI is InChI=1S/C18H26ClN3O/c19-16-5-2-14(3-6-16)13-21-8-1-9-22(11-10-21)18(23)15-4-7-17(20)12-15/h2-3,5-6,15,17H,1,4,7-13,20H2/t15-,17+/m0/s1. The number of benzene rings is 1. The summed E-state index contributed by atoms with van der Waals surface area (Å²) in [5, 5.41) is 0.774. The van der Waals surface area contributed by atoms with Crippen molar-refractivity contribution >= 4 is 17.5 Å². The van der Waals surface area contributed by atoms with Crippen LogP contribution < -0.4 is 5.73 Å². The molecule has 1 aliphatic carbocycles. The van der Waals surface area contributed by atoms with Crippen molar-refractivity contribution in [3.05, 3.63) is 34.9 Å². The van der Waals surface area contributed by atoms with Crippen molar-refractivity contribution in [2.24, 2.45) is 11.7 Å². The lowest BCUT2D eigenvalue weighted by Gasteiger charge is -2.24. The molecule has 3 rings (SSSR count). The molecule has 1 aromatic rings. The minimum atomic E-state index is 0.160. The maximum atomic E-state index is 12.6. The molecule has 126 valence electrons. The van der Waals surface area contributed by atoms with E-state index in [1.807, 2.05) is 12.1 Å². The van der Waals surface area contributed by atoms with Gasteiger partial charge in [-0.1, -0.05) is 23.7 Å². The Hall–Kier alpha value is -1.10. The molecule has 0 radical (unpaired) electrons. The number of nitrogens with zero attached hydrogens (tertiary/aromatic N) is 2. The first-order chi connectivity index (χ1) is 11.1. The van der Waals surface area contributed by atoms with E-state index < -0.39 is 0 Å². The van der Waals surface area contributed by atoms with Gasteiger partial charge in [-0.15, -0.1) is 0 Å². The Balaban J connectivity index is 1.52. The fourth-order valence-corrected chi connectivity index (χ4v) is 3.82. The van der Waals surface area contributed by atoms with Gasteiger partial charge < -0.3 is 10.6 Å². The second-order valence-electron chi connectivity index (χ2n) is 6.85. The zero-order valence-electron chi connectivity index (χ0n) is 13.6. The van der Waals surface area contributed by atoms with Crippen molar-refractivity contribution < 1.29 is 4.79 Å². The van der Waals surface area contributed by atoms with E-state index in [1.54, 1.807) is 0 Å². The molecule has 1 aromatic carbocycles. The van der Waals surface area contributed by atoms with Gasteiger partial charge in [-0.3, -0.25) is 9.69 Å². The summed E-state index contributed by atoms with van der Waals surface area (Å²) in [5.41, 5.74) is 7.23. The number of carbonyl (C=O) groups is 1. The molecule has 5 heteroatoms. The summed E-state index contributed by atoms with van der Waals surface area (Å²) < 4.78 is 0. The van der Waals surface area contributed by atoms with E-state index >= 15 is 0 Å². The second-order valence-corrected chi connectivity index (χ2v) is 7.29. The summed E-state index contributed by atoms with van der Waals surface area (Å²) in [4.78, 5) is 17.1. The third-order valence-corrected chi connectivity index (χ3v) is 5.29. The molecule has 1 heterocycles. The zero-order valence-corrected chi connectivity index (χ0v) is 14.3. The zero-order chi connectivity index (χ0) is 16.2. The largest absolute Gasteiger partial charge is 0.341 e. The van der Waals surface area contributed by atoms with Crippen molar-refractivity contribution in [3.63, 3.8) is 0 Å². The number of carbonyl (C=O) groups excluding carboxylic acids is 1. The van der Waals surface area contributed by atoms with Crippen LogP contribution in [0.2, 0.25) is 5.02 Å². The molecule has 0 bridgehead atoms. The normalized spacial score (nSPS) is 26.3. The van der Waals surface area contributed by atoms with Crippen LogP contribution in [0.5, 0.6) is 0 Å². The molecular formula is C18H26ClN3O. The van der Waals surface area contributed by atoms with E-state index in [1.165, 1.54) is 5.56 Å².